The van der Waals surface area contributed by atoms with Gasteiger partial charge in [-0.3, -0.25) is 9.20 Å². The number of pyridine rings is 3. The van der Waals surface area contributed by atoms with E-state index in [9.17, 15) is 13.2 Å². The van der Waals surface area contributed by atoms with Crippen molar-refractivity contribution in [1.82, 2.24) is 23.7 Å². The van der Waals surface area contributed by atoms with Gasteiger partial charge < -0.3 is 15.0 Å². The van der Waals surface area contributed by atoms with E-state index in [-0.39, 0.29) is 10.6 Å². The number of H-pyrrole nitrogens is 1. The van der Waals surface area contributed by atoms with Crippen molar-refractivity contribution in [2.45, 2.75) is 5.03 Å². The van der Waals surface area contributed by atoms with Crippen molar-refractivity contribution in [3.8, 4) is 11.3 Å². The zero-order chi connectivity index (χ0) is 22.1. The molecule has 2 N–H and O–H groups in total. The normalized spacial score (nSPS) is 15.1. The van der Waals surface area contributed by atoms with Crippen molar-refractivity contribution < 1.29 is 13.2 Å². The number of sulfonamides is 1. The standard InChI is InChI=1S/C21H20N6O4S/c28-19-13-15(5-6-22-19)18-3-2-17(21-23-7-8-27(18)21)25-16-1-4-20(24-14-16)32(29,30)26-9-11-31-12-10-26/h1-8,13-14,25H,9-12H2,(H,22,28). The quantitative estimate of drug-likeness (QED) is 0.474. The van der Waals surface area contributed by atoms with E-state index in [0.717, 1.165) is 11.3 Å². The van der Waals surface area contributed by atoms with Crippen molar-refractivity contribution in [3.05, 3.63) is 71.5 Å². The summed E-state index contributed by atoms with van der Waals surface area (Å²) in [5.41, 5.74) is 3.40. The minimum absolute atomic E-state index is 0.000514. The molecular weight excluding hydrogens is 432 g/mol. The van der Waals surface area contributed by atoms with E-state index in [1.807, 2.05) is 28.8 Å². The second-order valence-corrected chi connectivity index (χ2v) is 9.11. The Morgan fingerprint density at radius 2 is 1.91 bits per heavy atom. The summed E-state index contributed by atoms with van der Waals surface area (Å²) in [7, 11) is -3.65. The van der Waals surface area contributed by atoms with Gasteiger partial charge in [-0.05, 0) is 30.3 Å². The summed E-state index contributed by atoms with van der Waals surface area (Å²) in [6.07, 6.45) is 6.57. The third kappa shape index (κ3) is 3.77. The van der Waals surface area contributed by atoms with Crippen LogP contribution in [-0.2, 0) is 14.8 Å². The highest BCUT2D eigenvalue weighted by Gasteiger charge is 2.27. The van der Waals surface area contributed by atoms with Gasteiger partial charge in [-0.1, -0.05) is 0 Å². The molecule has 1 fully saturated rings. The molecule has 0 atom stereocenters. The molecule has 1 aliphatic rings. The zero-order valence-electron chi connectivity index (χ0n) is 16.9. The van der Waals surface area contributed by atoms with Gasteiger partial charge in [0.2, 0.25) is 5.56 Å². The number of nitrogens with zero attached hydrogens (tertiary/aromatic N) is 4. The molecule has 5 rings (SSSR count). The second-order valence-electron chi connectivity index (χ2n) is 7.22. The van der Waals surface area contributed by atoms with E-state index in [0.29, 0.717) is 43.3 Å². The highest BCUT2D eigenvalue weighted by Crippen LogP contribution is 2.27. The molecule has 0 amide bonds. The average molecular weight is 452 g/mol. The summed E-state index contributed by atoms with van der Waals surface area (Å²) in [4.78, 5) is 22.9. The van der Waals surface area contributed by atoms with Gasteiger partial charge in [0.05, 0.1) is 36.5 Å². The molecule has 164 valence electrons. The molecule has 5 heterocycles. The van der Waals surface area contributed by atoms with Gasteiger partial charge in [0.25, 0.3) is 10.0 Å². The topological polar surface area (TPSA) is 122 Å². The maximum absolute atomic E-state index is 12.7. The number of aromatic amines is 1. The average Bonchev–Trinajstić information content (AvgIpc) is 3.31. The summed E-state index contributed by atoms with van der Waals surface area (Å²) < 4.78 is 34.0. The van der Waals surface area contributed by atoms with E-state index in [1.165, 1.54) is 22.6 Å². The Hall–Kier alpha value is -3.54. The summed E-state index contributed by atoms with van der Waals surface area (Å²) in [5.74, 6) is 0. The lowest BCUT2D eigenvalue weighted by molar-refractivity contribution is 0.0729. The van der Waals surface area contributed by atoms with Crippen LogP contribution >= 0.6 is 0 Å². The fourth-order valence-electron chi connectivity index (χ4n) is 3.63. The molecule has 0 spiro atoms. The first-order valence-corrected chi connectivity index (χ1v) is 11.4. The molecule has 11 heteroatoms. The van der Waals surface area contributed by atoms with Crippen LogP contribution in [0.1, 0.15) is 0 Å². The molecule has 32 heavy (non-hydrogen) atoms. The minimum Gasteiger partial charge on any atom is -0.379 e. The number of rotatable bonds is 5. The van der Waals surface area contributed by atoms with Crippen LogP contribution in [0.2, 0.25) is 0 Å². The van der Waals surface area contributed by atoms with Crippen LogP contribution in [0.3, 0.4) is 0 Å². The third-order valence-electron chi connectivity index (χ3n) is 5.21. The van der Waals surface area contributed by atoms with Gasteiger partial charge >= 0.3 is 0 Å². The molecule has 0 aliphatic carbocycles. The van der Waals surface area contributed by atoms with E-state index in [1.54, 1.807) is 18.5 Å². The Morgan fingerprint density at radius 1 is 1.06 bits per heavy atom. The number of imidazole rings is 1. The molecular formula is C21H20N6O4S. The van der Waals surface area contributed by atoms with E-state index < -0.39 is 10.0 Å². The predicted molar refractivity (Wildman–Crippen MR) is 118 cm³/mol. The highest BCUT2D eigenvalue weighted by atomic mass is 32.2. The number of fused-ring (bicyclic) bond motifs is 1. The van der Waals surface area contributed by atoms with E-state index >= 15 is 0 Å². The molecule has 10 nitrogen and oxygen atoms in total. The molecule has 0 radical (unpaired) electrons. The van der Waals surface area contributed by atoms with E-state index in [2.05, 4.69) is 20.3 Å². The number of ether oxygens (including phenoxy) is 1. The molecule has 1 saturated heterocycles. The van der Waals surface area contributed by atoms with Crippen molar-refractivity contribution in [2.75, 3.05) is 31.6 Å². The van der Waals surface area contributed by atoms with Crippen LogP contribution in [0, 0.1) is 0 Å². The molecule has 0 aromatic carbocycles. The SMILES string of the molecule is O=c1cc(-c2ccc(Nc3ccc(S(=O)(=O)N4CCOCC4)nc3)c3nccn23)cc[nH]1. The van der Waals surface area contributed by atoms with Crippen molar-refractivity contribution in [2.24, 2.45) is 0 Å². The van der Waals surface area contributed by atoms with Crippen molar-refractivity contribution in [3.63, 3.8) is 0 Å². The van der Waals surface area contributed by atoms with Crippen LogP contribution in [0.25, 0.3) is 16.9 Å². The monoisotopic (exact) mass is 452 g/mol. The predicted octanol–water partition coefficient (Wildman–Crippen LogP) is 1.85. The summed E-state index contributed by atoms with van der Waals surface area (Å²) in [5, 5.41) is 3.24. The van der Waals surface area contributed by atoms with Gasteiger partial charge in [-0.25, -0.2) is 18.4 Å². The van der Waals surface area contributed by atoms with E-state index in [4.69, 9.17) is 4.74 Å². The maximum atomic E-state index is 12.7. The molecule has 4 aromatic rings. The lowest BCUT2D eigenvalue weighted by Crippen LogP contribution is -2.40. The highest BCUT2D eigenvalue weighted by molar-refractivity contribution is 7.89. The van der Waals surface area contributed by atoms with Crippen LogP contribution < -0.4 is 10.9 Å². The van der Waals surface area contributed by atoms with Gasteiger partial charge in [0, 0.05) is 43.3 Å². The van der Waals surface area contributed by atoms with Crippen LogP contribution in [-0.4, -0.2) is 58.4 Å². The number of nitrogens with one attached hydrogen (secondary N) is 2. The number of hydrogen-bond donors (Lipinski definition) is 2. The van der Waals surface area contributed by atoms with Crippen LogP contribution in [0.4, 0.5) is 11.4 Å². The smallest absolute Gasteiger partial charge is 0.260 e. The molecule has 4 aromatic heterocycles. The molecule has 0 saturated carbocycles. The summed E-state index contributed by atoms with van der Waals surface area (Å²) in [6, 6.07) is 10.2. The third-order valence-corrected chi connectivity index (χ3v) is 7.02. The molecule has 0 unspecified atom stereocenters. The largest absolute Gasteiger partial charge is 0.379 e. The van der Waals surface area contributed by atoms with Crippen LogP contribution in [0.5, 0.6) is 0 Å². The number of aromatic nitrogens is 4. The Morgan fingerprint density at radius 3 is 2.66 bits per heavy atom. The van der Waals surface area contributed by atoms with Gasteiger partial charge in [-0.15, -0.1) is 0 Å². The fourth-order valence-corrected chi connectivity index (χ4v) is 4.95. The van der Waals surface area contributed by atoms with Crippen molar-refractivity contribution >= 4 is 27.0 Å². The van der Waals surface area contributed by atoms with Crippen molar-refractivity contribution in [1.29, 1.82) is 0 Å². The minimum atomic E-state index is -3.65. The lowest BCUT2D eigenvalue weighted by Gasteiger charge is -2.25. The Labute approximate surface area is 183 Å². The van der Waals surface area contributed by atoms with Gasteiger partial charge in [0.1, 0.15) is 0 Å². The Balaban J connectivity index is 1.42. The van der Waals surface area contributed by atoms with Gasteiger partial charge in [0.15, 0.2) is 10.7 Å². The summed E-state index contributed by atoms with van der Waals surface area (Å²) in [6.45, 7) is 1.40. The molecule has 0 bridgehead atoms. The summed E-state index contributed by atoms with van der Waals surface area (Å²) >= 11 is 0. The first-order chi connectivity index (χ1) is 15.5. The second kappa shape index (κ2) is 8.19. The first kappa shape index (κ1) is 20.4. The number of hydrogen-bond acceptors (Lipinski definition) is 7. The van der Waals surface area contributed by atoms with Gasteiger partial charge in [-0.2, -0.15) is 4.31 Å². The molecule has 1 aliphatic heterocycles. The Kier molecular flexibility index (Phi) is 5.21. The lowest BCUT2D eigenvalue weighted by atomic mass is 10.1. The first-order valence-electron chi connectivity index (χ1n) is 9.98. The maximum Gasteiger partial charge on any atom is 0.260 e. The Bertz CT molecular complexity index is 1420. The zero-order valence-corrected chi connectivity index (χ0v) is 17.7. The number of anilines is 2. The number of morpholine rings is 1. The fraction of sp³-hybridized carbons (Fsp3) is 0.190. The van der Waals surface area contributed by atoms with Crippen LogP contribution in [0.15, 0.2) is 71.0 Å².